The summed E-state index contributed by atoms with van der Waals surface area (Å²) in [4.78, 5) is 12.6. The molecule has 4 rings (SSSR count). The molecular weight excluding hydrogens is 619 g/mol. The number of rotatable bonds is 7. The summed E-state index contributed by atoms with van der Waals surface area (Å²) in [6, 6.07) is 20.4. The van der Waals surface area contributed by atoms with Crippen molar-refractivity contribution < 1.29 is 14.3 Å². The van der Waals surface area contributed by atoms with Gasteiger partial charge in [-0.15, -0.1) is 0 Å². The highest BCUT2D eigenvalue weighted by Crippen LogP contribution is 2.42. The summed E-state index contributed by atoms with van der Waals surface area (Å²) in [5, 5.41) is 7.10. The van der Waals surface area contributed by atoms with Crippen molar-refractivity contribution in [2.75, 3.05) is 7.11 Å². The highest BCUT2D eigenvalue weighted by molar-refractivity contribution is 9.13. The number of hydrazone groups is 1. The molecule has 0 bridgehead atoms. The quantitative estimate of drug-likeness (QED) is 0.165. The van der Waals surface area contributed by atoms with E-state index in [9.17, 15) is 4.79 Å². The third-order valence-electron chi connectivity index (χ3n) is 5.12. The number of carbonyl (C=O) groups is 1. The van der Waals surface area contributed by atoms with Crippen molar-refractivity contribution in [3.05, 3.63) is 102 Å². The fourth-order valence-electron chi connectivity index (χ4n) is 3.33. The van der Waals surface area contributed by atoms with Crippen molar-refractivity contribution in [3.8, 4) is 11.5 Å². The Morgan fingerprint density at radius 1 is 0.971 bits per heavy atom. The summed E-state index contributed by atoms with van der Waals surface area (Å²) in [6.07, 6.45) is 1.53. The lowest BCUT2D eigenvalue weighted by molar-refractivity contribution is 0.0955. The van der Waals surface area contributed by atoms with E-state index in [1.807, 2.05) is 42.5 Å². The summed E-state index contributed by atoms with van der Waals surface area (Å²) in [7, 11) is 1.55. The lowest BCUT2D eigenvalue weighted by Crippen LogP contribution is -2.17. The Morgan fingerprint density at radius 3 is 2.49 bits per heavy atom. The second-order valence-electron chi connectivity index (χ2n) is 7.42. The van der Waals surface area contributed by atoms with Gasteiger partial charge in [-0.25, -0.2) is 5.43 Å². The number of carbonyl (C=O) groups excluding carboxylic acids is 1. The molecule has 0 aliphatic rings. The second kappa shape index (κ2) is 11.4. The Kier molecular flexibility index (Phi) is 8.34. The Morgan fingerprint density at radius 2 is 1.74 bits per heavy atom. The molecule has 0 saturated carbocycles. The molecule has 0 heterocycles. The van der Waals surface area contributed by atoms with Crippen molar-refractivity contribution in [3.63, 3.8) is 0 Å². The van der Waals surface area contributed by atoms with Crippen molar-refractivity contribution in [1.29, 1.82) is 0 Å². The average molecular weight is 637 g/mol. The van der Waals surface area contributed by atoms with E-state index in [4.69, 9.17) is 32.7 Å². The molecule has 0 aliphatic heterocycles. The van der Waals surface area contributed by atoms with Gasteiger partial charge in [-0.2, -0.15) is 5.10 Å². The molecule has 0 fully saturated rings. The van der Waals surface area contributed by atoms with Gasteiger partial charge in [0, 0.05) is 15.6 Å². The minimum absolute atomic E-state index is 0.257. The largest absolute Gasteiger partial charge is 0.493 e. The maximum Gasteiger partial charge on any atom is 0.271 e. The van der Waals surface area contributed by atoms with E-state index in [-0.39, 0.29) is 12.5 Å². The number of nitrogens with one attached hydrogen (secondary N) is 1. The smallest absolute Gasteiger partial charge is 0.271 e. The van der Waals surface area contributed by atoms with E-state index >= 15 is 0 Å². The van der Waals surface area contributed by atoms with Gasteiger partial charge in [0.05, 0.1) is 27.8 Å². The van der Waals surface area contributed by atoms with Crippen molar-refractivity contribution >= 4 is 78.0 Å². The summed E-state index contributed by atoms with van der Waals surface area (Å²) >= 11 is 19.2. The number of amides is 1. The van der Waals surface area contributed by atoms with Gasteiger partial charge in [-0.3, -0.25) is 4.79 Å². The summed E-state index contributed by atoms with van der Waals surface area (Å²) in [5.74, 6) is 0.681. The number of methoxy groups -OCH3 is 1. The molecule has 5 nitrogen and oxygen atoms in total. The number of hydrogen-bond acceptors (Lipinski definition) is 4. The van der Waals surface area contributed by atoms with Gasteiger partial charge < -0.3 is 9.47 Å². The van der Waals surface area contributed by atoms with E-state index in [1.165, 1.54) is 6.21 Å². The number of fused-ring (bicyclic) bond motifs is 1. The van der Waals surface area contributed by atoms with Crippen LogP contribution in [0.5, 0.6) is 11.5 Å². The lowest BCUT2D eigenvalue weighted by atomic mass is 10.1. The van der Waals surface area contributed by atoms with E-state index in [0.717, 1.165) is 16.3 Å². The molecule has 0 unspecified atom stereocenters. The van der Waals surface area contributed by atoms with Crippen LogP contribution in [-0.4, -0.2) is 19.2 Å². The van der Waals surface area contributed by atoms with E-state index < -0.39 is 0 Å². The molecule has 0 atom stereocenters. The molecular formula is C26H18Br2Cl2N2O3. The van der Waals surface area contributed by atoms with Crippen LogP contribution in [0.3, 0.4) is 0 Å². The lowest BCUT2D eigenvalue weighted by Gasteiger charge is -2.15. The topological polar surface area (TPSA) is 59.9 Å². The van der Waals surface area contributed by atoms with E-state index in [1.54, 1.807) is 31.4 Å². The predicted molar refractivity (Wildman–Crippen MR) is 148 cm³/mol. The van der Waals surface area contributed by atoms with Gasteiger partial charge >= 0.3 is 0 Å². The van der Waals surface area contributed by atoms with Crippen LogP contribution in [0, 0.1) is 0 Å². The Bertz CT molecular complexity index is 1440. The standard InChI is InChI=1S/C26H18Br2Cl2N2O3/c1-34-22-12-19(13-31-32-26(33)18-8-7-16-4-2-3-5-17(16)11-18)23(27)24(28)25(22)35-14-15-6-9-20(29)21(30)10-15/h2-13H,14H2,1H3,(H,32,33)/b31-13-. The van der Waals surface area contributed by atoms with Crippen LogP contribution in [-0.2, 0) is 6.61 Å². The number of halogens is 4. The summed E-state index contributed by atoms with van der Waals surface area (Å²) < 4.78 is 12.8. The first-order chi connectivity index (χ1) is 16.9. The summed E-state index contributed by atoms with van der Waals surface area (Å²) in [6.45, 7) is 0.257. The molecule has 4 aromatic rings. The molecule has 0 aliphatic carbocycles. The monoisotopic (exact) mass is 634 g/mol. The first-order valence-corrected chi connectivity index (χ1v) is 12.7. The van der Waals surface area contributed by atoms with Crippen LogP contribution < -0.4 is 14.9 Å². The molecule has 35 heavy (non-hydrogen) atoms. The molecule has 178 valence electrons. The van der Waals surface area contributed by atoms with Crippen molar-refractivity contribution in [2.24, 2.45) is 5.10 Å². The van der Waals surface area contributed by atoms with Crippen LogP contribution in [0.1, 0.15) is 21.5 Å². The van der Waals surface area contributed by atoms with Crippen LogP contribution >= 0.6 is 55.1 Å². The first-order valence-electron chi connectivity index (χ1n) is 10.3. The fraction of sp³-hybridized carbons (Fsp3) is 0.0769. The third-order valence-corrected chi connectivity index (χ3v) is 8.01. The van der Waals surface area contributed by atoms with Gasteiger partial charge in [0.2, 0.25) is 0 Å². The van der Waals surface area contributed by atoms with Crippen molar-refractivity contribution in [1.82, 2.24) is 5.43 Å². The predicted octanol–water partition coefficient (Wildman–Crippen LogP) is 8.02. The van der Waals surface area contributed by atoms with Gasteiger partial charge in [-0.05, 0) is 78.5 Å². The Labute approximate surface area is 229 Å². The Hall–Kier alpha value is -2.58. The van der Waals surface area contributed by atoms with Gasteiger partial charge in [-0.1, -0.05) is 59.6 Å². The zero-order chi connectivity index (χ0) is 24.9. The molecule has 1 N–H and O–H groups in total. The van der Waals surface area contributed by atoms with Gasteiger partial charge in [0.1, 0.15) is 6.61 Å². The van der Waals surface area contributed by atoms with Crippen LogP contribution in [0.2, 0.25) is 10.0 Å². The third kappa shape index (κ3) is 5.98. The minimum Gasteiger partial charge on any atom is -0.493 e. The molecule has 1 amide bonds. The number of ether oxygens (including phenoxy) is 2. The highest BCUT2D eigenvalue weighted by atomic mass is 79.9. The van der Waals surface area contributed by atoms with Crippen molar-refractivity contribution in [2.45, 2.75) is 6.61 Å². The zero-order valence-corrected chi connectivity index (χ0v) is 23.0. The summed E-state index contributed by atoms with van der Waals surface area (Å²) in [5.41, 5.74) is 4.61. The normalized spacial score (nSPS) is 11.1. The van der Waals surface area contributed by atoms with Gasteiger partial charge in [0.15, 0.2) is 11.5 Å². The molecule has 9 heteroatoms. The fourth-order valence-corrected chi connectivity index (χ4v) is 4.58. The van der Waals surface area contributed by atoms with Crippen LogP contribution in [0.15, 0.2) is 80.8 Å². The molecule has 4 aromatic carbocycles. The SMILES string of the molecule is COc1cc(/C=N\NC(=O)c2ccc3ccccc3c2)c(Br)c(Br)c1OCc1ccc(Cl)c(Cl)c1. The number of hydrogen-bond donors (Lipinski definition) is 1. The van der Waals surface area contributed by atoms with E-state index in [0.29, 0.717) is 41.6 Å². The molecule has 0 spiro atoms. The van der Waals surface area contributed by atoms with Crippen LogP contribution in [0.25, 0.3) is 10.8 Å². The van der Waals surface area contributed by atoms with Gasteiger partial charge in [0.25, 0.3) is 5.91 Å². The number of nitrogens with zero attached hydrogens (tertiary/aromatic N) is 1. The second-order valence-corrected chi connectivity index (χ2v) is 9.82. The molecule has 0 aromatic heterocycles. The van der Waals surface area contributed by atoms with E-state index in [2.05, 4.69) is 42.4 Å². The maximum atomic E-state index is 12.6. The molecule has 0 radical (unpaired) electrons. The zero-order valence-electron chi connectivity index (χ0n) is 18.3. The average Bonchev–Trinajstić information content (AvgIpc) is 2.87. The molecule has 0 saturated heterocycles. The van der Waals surface area contributed by atoms with Crippen LogP contribution in [0.4, 0.5) is 0 Å². The number of benzene rings is 4. The Balaban J connectivity index is 1.49. The first kappa shape index (κ1) is 25.5. The highest BCUT2D eigenvalue weighted by Gasteiger charge is 2.17. The minimum atomic E-state index is -0.310. The maximum absolute atomic E-state index is 12.6.